The zero-order chi connectivity index (χ0) is 12.1. The van der Waals surface area contributed by atoms with Crippen LogP contribution in [0.15, 0.2) is 22.7 Å². The van der Waals surface area contributed by atoms with Crippen molar-refractivity contribution in [2.45, 2.75) is 13.3 Å². The largest absolute Gasteiger partial charge is 0.385 e. The highest BCUT2D eigenvalue weighted by molar-refractivity contribution is 9.10. The van der Waals surface area contributed by atoms with Gasteiger partial charge in [-0.2, -0.15) is 0 Å². The Hall–Kier alpha value is -0.380. The highest BCUT2D eigenvalue weighted by Crippen LogP contribution is 2.24. The summed E-state index contributed by atoms with van der Waals surface area (Å²) >= 11 is 9.33. The molecule has 0 amide bonds. The summed E-state index contributed by atoms with van der Waals surface area (Å²) in [6.07, 6.45) is 0.707. The molecule has 0 aromatic heterocycles. The third-order valence-corrected chi connectivity index (χ3v) is 3.22. The van der Waals surface area contributed by atoms with E-state index in [1.165, 1.54) is 0 Å². The van der Waals surface area contributed by atoms with Crippen molar-refractivity contribution in [3.63, 3.8) is 0 Å². The third kappa shape index (κ3) is 3.58. The van der Waals surface area contributed by atoms with Crippen molar-refractivity contribution in [1.82, 2.24) is 0 Å². The van der Waals surface area contributed by atoms with Gasteiger partial charge in [-0.25, -0.2) is 0 Å². The monoisotopic (exact) mass is 304 g/mol. The van der Waals surface area contributed by atoms with Gasteiger partial charge in [0.1, 0.15) is 0 Å². The Labute approximate surface area is 109 Å². The van der Waals surface area contributed by atoms with Gasteiger partial charge >= 0.3 is 0 Å². The smallest absolute Gasteiger partial charge is 0.167 e. The summed E-state index contributed by atoms with van der Waals surface area (Å²) < 4.78 is 5.82. The molecule has 0 fully saturated rings. The first-order chi connectivity index (χ1) is 7.56. The summed E-state index contributed by atoms with van der Waals surface area (Å²) in [6, 6.07) is 5.30. The average Bonchev–Trinajstić information content (AvgIpc) is 2.28. The van der Waals surface area contributed by atoms with E-state index in [9.17, 15) is 4.79 Å². The summed E-state index contributed by atoms with van der Waals surface area (Å²) in [6.45, 7) is 2.47. The van der Waals surface area contributed by atoms with E-state index in [-0.39, 0.29) is 11.7 Å². The Balaban J connectivity index is 2.83. The van der Waals surface area contributed by atoms with E-state index in [2.05, 4.69) is 15.9 Å². The first-order valence-electron chi connectivity index (χ1n) is 5.04. The number of hydrogen-bond donors (Lipinski definition) is 0. The van der Waals surface area contributed by atoms with Crippen LogP contribution in [0.3, 0.4) is 0 Å². The minimum atomic E-state index is -0.0771. The van der Waals surface area contributed by atoms with Crippen LogP contribution in [-0.2, 0) is 4.74 Å². The molecule has 1 rings (SSSR count). The molecule has 1 aromatic carbocycles. The van der Waals surface area contributed by atoms with Crippen LogP contribution in [0.5, 0.6) is 0 Å². The normalized spacial score (nSPS) is 12.5. The second-order valence-corrected chi connectivity index (χ2v) is 4.99. The summed E-state index contributed by atoms with van der Waals surface area (Å²) in [5, 5.41) is 0.498. The molecule has 4 heteroatoms. The molecule has 0 aliphatic rings. The molecule has 0 spiro atoms. The van der Waals surface area contributed by atoms with Crippen molar-refractivity contribution in [2.24, 2.45) is 5.92 Å². The summed E-state index contributed by atoms with van der Waals surface area (Å²) in [7, 11) is 1.63. The van der Waals surface area contributed by atoms with Gasteiger partial charge in [-0.15, -0.1) is 0 Å². The molecular weight excluding hydrogens is 291 g/mol. The molecule has 1 unspecified atom stereocenters. The first-order valence-corrected chi connectivity index (χ1v) is 6.21. The maximum Gasteiger partial charge on any atom is 0.167 e. The molecule has 88 valence electrons. The summed E-state index contributed by atoms with van der Waals surface area (Å²) in [5.41, 5.74) is 0.569. The Morgan fingerprint density at radius 2 is 2.25 bits per heavy atom. The molecule has 0 aliphatic heterocycles. The van der Waals surface area contributed by atoms with E-state index >= 15 is 0 Å². The Morgan fingerprint density at radius 3 is 2.88 bits per heavy atom. The molecular formula is C12H14BrClO2. The number of methoxy groups -OCH3 is 1. The predicted molar refractivity (Wildman–Crippen MR) is 69.1 cm³/mol. The van der Waals surface area contributed by atoms with Crippen molar-refractivity contribution < 1.29 is 9.53 Å². The quantitative estimate of drug-likeness (QED) is 0.770. The number of benzene rings is 1. The lowest BCUT2D eigenvalue weighted by molar-refractivity contribution is 0.0894. The van der Waals surface area contributed by atoms with Crippen molar-refractivity contribution in [1.29, 1.82) is 0 Å². The van der Waals surface area contributed by atoms with Gasteiger partial charge in [0.2, 0.25) is 0 Å². The molecule has 2 nitrogen and oxygen atoms in total. The predicted octanol–water partition coefficient (Wildman–Crippen LogP) is 3.96. The lowest BCUT2D eigenvalue weighted by Gasteiger charge is -2.11. The zero-order valence-corrected chi connectivity index (χ0v) is 11.6. The standard InChI is InChI=1S/C12H14BrClO2/c1-8(5-6-16-2)12(15)10-7-9(13)3-4-11(10)14/h3-4,7-8H,5-6H2,1-2H3. The number of carbonyl (C=O) groups excluding carboxylic acids is 1. The van der Waals surface area contributed by atoms with Gasteiger partial charge in [0, 0.05) is 29.7 Å². The van der Waals surface area contributed by atoms with E-state index in [1.807, 2.05) is 13.0 Å². The molecule has 0 N–H and O–H groups in total. The van der Waals surface area contributed by atoms with Crippen LogP contribution in [0.1, 0.15) is 23.7 Å². The number of carbonyl (C=O) groups is 1. The summed E-state index contributed by atoms with van der Waals surface area (Å²) in [5.74, 6) is -0.0184. The number of ketones is 1. The molecule has 0 saturated carbocycles. The number of hydrogen-bond acceptors (Lipinski definition) is 2. The van der Waals surface area contributed by atoms with E-state index in [0.717, 1.165) is 4.47 Å². The van der Waals surface area contributed by atoms with E-state index in [0.29, 0.717) is 23.6 Å². The fraction of sp³-hybridized carbons (Fsp3) is 0.417. The second-order valence-electron chi connectivity index (χ2n) is 3.67. The van der Waals surface area contributed by atoms with Crippen molar-refractivity contribution in [2.75, 3.05) is 13.7 Å². The average molecular weight is 306 g/mol. The van der Waals surface area contributed by atoms with Gasteiger partial charge < -0.3 is 4.74 Å². The van der Waals surface area contributed by atoms with Crippen LogP contribution in [-0.4, -0.2) is 19.5 Å². The van der Waals surface area contributed by atoms with Gasteiger partial charge in [0.05, 0.1) is 5.02 Å². The molecule has 0 bridgehead atoms. The van der Waals surface area contributed by atoms with Crippen LogP contribution in [0.25, 0.3) is 0 Å². The summed E-state index contributed by atoms with van der Waals surface area (Å²) in [4.78, 5) is 12.1. The first kappa shape index (κ1) is 13.7. The highest BCUT2D eigenvalue weighted by Gasteiger charge is 2.17. The van der Waals surface area contributed by atoms with Gasteiger partial charge in [-0.1, -0.05) is 34.5 Å². The molecule has 1 aromatic rings. The molecule has 0 saturated heterocycles. The molecule has 1 atom stereocenters. The second kappa shape index (κ2) is 6.38. The zero-order valence-electron chi connectivity index (χ0n) is 9.30. The van der Waals surface area contributed by atoms with Gasteiger partial charge in [0.15, 0.2) is 5.78 Å². The SMILES string of the molecule is COCCC(C)C(=O)c1cc(Br)ccc1Cl. The number of halogens is 2. The number of rotatable bonds is 5. The Kier molecular flexibility index (Phi) is 5.46. The molecule has 0 aliphatic carbocycles. The minimum Gasteiger partial charge on any atom is -0.385 e. The number of Topliss-reactive ketones (excluding diaryl/α,β-unsaturated/α-hetero) is 1. The number of ether oxygens (including phenoxy) is 1. The van der Waals surface area contributed by atoms with Crippen molar-refractivity contribution in [3.8, 4) is 0 Å². The molecule has 0 heterocycles. The molecule has 0 radical (unpaired) electrons. The van der Waals surface area contributed by atoms with Crippen molar-refractivity contribution in [3.05, 3.63) is 33.3 Å². The van der Waals surface area contributed by atoms with E-state index in [1.54, 1.807) is 19.2 Å². The fourth-order valence-corrected chi connectivity index (χ4v) is 1.95. The lowest BCUT2D eigenvalue weighted by Crippen LogP contribution is -2.13. The van der Waals surface area contributed by atoms with Crippen LogP contribution in [0.2, 0.25) is 5.02 Å². The van der Waals surface area contributed by atoms with Crippen LogP contribution in [0.4, 0.5) is 0 Å². The van der Waals surface area contributed by atoms with Crippen molar-refractivity contribution >= 4 is 33.3 Å². The topological polar surface area (TPSA) is 26.3 Å². The van der Waals surface area contributed by atoms with Crippen LogP contribution < -0.4 is 0 Å². The minimum absolute atomic E-state index is 0.0587. The van der Waals surface area contributed by atoms with Crippen LogP contribution >= 0.6 is 27.5 Å². The van der Waals surface area contributed by atoms with E-state index < -0.39 is 0 Å². The fourth-order valence-electron chi connectivity index (χ4n) is 1.38. The lowest BCUT2D eigenvalue weighted by atomic mass is 9.97. The highest BCUT2D eigenvalue weighted by atomic mass is 79.9. The van der Waals surface area contributed by atoms with Crippen LogP contribution in [0, 0.1) is 5.92 Å². The Bertz CT molecular complexity index is 379. The van der Waals surface area contributed by atoms with Gasteiger partial charge in [-0.3, -0.25) is 4.79 Å². The molecule has 16 heavy (non-hydrogen) atoms. The van der Waals surface area contributed by atoms with E-state index in [4.69, 9.17) is 16.3 Å². The maximum atomic E-state index is 12.1. The van der Waals surface area contributed by atoms with Gasteiger partial charge in [-0.05, 0) is 24.6 Å². The third-order valence-electron chi connectivity index (χ3n) is 2.40. The maximum absolute atomic E-state index is 12.1. The van der Waals surface area contributed by atoms with Gasteiger partial charge in [0.25, 0.3) is 0 Å². The Morgan fingerprint density at radius 1 is 1.56 bits per heavy atom.